The molecule has 82 valence electrons. The summed E-state index contributed by atoms with van der Waals surface area (Å²) in [5, 5.41) is 11.5. The molecule has 1 atom stereocenters. The Balaban J connectivity index is 2.03. The van der Waals surface area contributed by atoms with Crippen LogP contribution in [0.1, 0.15) is 12.0 Å². The molecule has 1 aliphatic heterocycles. The number of nitrogens with one attached hydrogen (secondary N) is 1. The summed E-state index contributed by atoms with van der Waals surface area (Å²) in [6.07, 6.45) is 1.73. The average molecular weight is 215 g/mol. The van der Waals surface area contributed by atoms with Crippen molar-refractivity contribution in [3.8, 4) is 6.07 Å². The lowest BCUT2D eigenvalue weighted by molar-refractivity contribution is -0.110. The van der Waals surface area contributed by atoms with Crippen molar-refractivity contribution in [3.05, 3.63) is 29.8 Å². The summed E-state index contributed by atoms with van der Waals surface area (Å²) in [4.78, 5) is 12.5. The highest BCUT2D eigenvalue weighted by Crippen LogP contribution is 2.20. The molecule has 0 aliphatic carbocycles. The summed E-state index contributed by atoms with van der Waals surface area (Å²) in [6, 6.07) is 9.86. The number of hydrogen-bond acceptors (Lipinski definition) is 3. The van der Waals surface area contributed by atoms with Crippen LogP contribution in [0.4, 0.5) is 5.69 Å². The smallest absolute Gasteiger partial charge is 0.207 e. The van der Waals surface area contributed by atoms with Gasteiger partial charge >= 0.3 is 0 Å². The molecule has 1 saturated heterocycles. The van der Waals surface area contributed by atoms with Crippen molar-refractivity contribution < 1.29 is 4.79 Å². The van der Waals surface area contributed by atoms with Gasteiger partial charge in [0, 0.05) is 24.8 Å². The third kappa shape index (κ3) is 2.14. The Morgan fingerprint density at radius 3 is 2.81 bits per heavy atom. The first-order valence-corrected chi connectivity index (χ1v) is 5.28. The number of anilines is 1. The molecule has 1 fully saturated rings. The van der Waals surface area contributed by atoms with E-state index in [-0.39, 0.29) is 6.04 Å². The number of nitriles is 1. The van der Waals surface area contributed by atoms with E-state index in [1.165, 1.54) is 0 Å². The van der Waals surface area contributed by atoms with Gasteiger partial charge in [-0.3, -0.25) is 4.79 Å². The zero-order valence-electron chi connectivity index (χ0n) is 8.89. The molecular weight excluding hydrogens is 202 g/mol. The Labute approximate surface area is 94.5 Å². The molecule has 1 aromatic rings. The number of amides is 1. The van der Waals surface area contributed by atoms with Gasteiger partial charge in [-0.25, -0.2) is 0 Å². The number of carbonyl (C=O) groups excluding carboxylic acids is 1. The quantitative estimate of drug-likeness (QED) is 0.761. The Bertz CT molecular complexity index is 407. The second-order valence-electron chi connectivity index (χ2n) is 3.87. The first kappa shape index (κ1) is 10.5. The van der Waals surface area contributed by atoms with E-state index < -0.39 is 0 Å². The van der Waals surface area contributed by atoms with Gasteiger partial charge in [-0.2, -0.15) is 5.26 Å². The molecule has 0 radical (unpaired) electrons. The molecule has 16 heavy (non-hydrogen) atoms. The monoisotopic (exact) mass is 215 g/mol. The van der Waals surface area contributed by atoms with E-state index in [1.807, 2.05) is 24.3 Å². The van der Waals surface area contributed by atoms with E-state index in [1.54, 1.807) is 0 Å². The summed E-state index contributed by atoms with van der Waals surface area (Å²) < 4.78 is 0. The van der Waals surface area contributed by atoms with Crippen molar-refractivity contribution in [3.63, 3.8) is 0 Å². The highest BCUT2D eigenvalue weighted by atomic mass is 16.1. The van der Waals surface area contributed by atoms with Crippen LogP contribution in [0.2, 0.25) is 0 Å². The Morgan fingerprint density at radius 2 is 2.19 bits per heavy atom. The van der Waals surface area contributed by atoms with Crippen LogP contribution < -0.4 is 10.2 Å². The van der Waals surface area contributed by atoms with Crippen LogP contribution in [-0.4, -0.2) is 25.5 Å². The highest BCUT2D eigenvalue weighted by Gasteiger charge is 2.21. The van der Waals surface area contributed by atoms with Crippen molar-refractivity contribution in [1.82, 2.24) is 5.32 Å². The lowest BCUT2D eigenvalue weighted by Crippen LogP contribution is -2.31. The van der Waals surface area contributed by atoms with Gasteiger partial charge < -0.3 is 10.2 Å². The molecule has 4 heteroatoms. The summed E-state index contributed by atoms with van der Waals surface area (Å²) in [5.74, 6) is 0. The summed E-state index contributed by atoms with van der Waals surface area (Å²) in [5.41, 5.74) is 1.78. The van der Waals surface area contributed by atoms with Crippen molar-refractivity contribution in [2.75, 3.05) is 18.0 Å². The van der Waals surface area contributed by atoms with E-state index in [9.17, 15) is 4.79 Å². The third-order valence-electron chi connectivity index (χ3n) is 2.85. The lowest BCUT2D eigenvalue weighted by Gasteiger charge is -2.18. The highest BCUT2D eigenvalue weighted by molar-refractivity contribution is 5.52. The predicted octanol–water partition coefficient (Wildman–Crippen LogP) is 0.883. The molecule has 0 spiro atoms. The molecule has 1 amide bonds. The summed E-state index contributed by atoms with van der Waals surface area (Å²) in [7, 11) is 0. The Hall–Kier alpha value is -2.02. The topological polar surface area (TPSA) is 56.1 Å². The first-order chi connectivity index (χ1) is 7.83. The average Bonchev–Trinajstić information content (AvgIpc) is 2.78. The molecular formula is C12H13N3O. The van der Waals surface area contributed by atoms with Crippen LogP contribution in [0.15, 0.2) is 24.3 Å². The summed E-state index contributed by atoms with van der Waals surface area (Å²) >= 11 is 0. The molecule has 1 heterocycles. The van der Waals surface area contributed by atoms with Crippen LogP contribution in [0, 0.1) is 11.3 Å². The van der Waals surface area contributed by atoms with Gasteiger partial charge in [-0.1, -0.05) is 0 Å². The standard InChI is InChI=1S/C12H13N3O/c13-7-10-1-3-12(4-2-10)15-6-5-11(8-15)14-9-16/h1-4,9,11H,5-6,8H2,(H,14,16). The molecule has 1 unspecified atom stereocenters. The van der Waals surface area contributed by atoms with Gasteiger partial charge in [0.1, 0.15) is 0 Å². The van der Waals surface area contributed by atoms with Crippen LogP contribution in [-0.2, 0) is 4.79 Å². The summed E-state index contributed by atoms with van der Waals surface area (Å²) in [6.45, 7) is 1.78. The molecule has 1 aromatic carbocycles. The fourth-order valence-corrected chi connectivity index (χ4v) is 1.97. The Morgan fingerprint density at radius 1 is 1.44 bits per heavy atom. The van der Waals surface area contributed by atoms with Crippen molar-refractivity contribution in [2.45, 2.75) is 12.5 Å². The maximum absolute atomic E-state index is 10.3. The lowest BCUT2D eigenvalue weighted by atomic mass is 10.2. The van der Waals surface area contributed by atoms with Gasteiger partial charge in [-0.05, 0) is 30.7 Å². The predicted molar refractivity (Wildman–Crippen MR) is 61.0 cm³/mol. The van der Waals surface area contributed by atoms with Crippen molar-refractivity contribution >= 4 is 12.1 Å². The SMILES string of the molecule is N#Cc1ccc(N2CCC(NC=O)C2)cc1. The largest absolute Gasteiger partial charge is 0.369 e. The zero-order chi connectivity index (χ0) is 11.4. The van der Waals surface area contributed by atoms with E-state index in [4.69, 9.17) is 5.26 Å². The Kier molecular flexibility index (Phi) is 3.06. The molecule has 0 aromatic heterocycles. The molecule has 1 aliphatic rings. The normalized spacial score (nSPS) is 19.2. The maximum atomic E-state index is 10.3. The third-order valence-corrected chi connectivity index (χ3v) is 2.85. The van der Waals surface area contributed by atoms with Gasteiger partial charge in [0.25, 0.3) is 0 Å². The minimum atomic E-state index is 0.244. The van der Waals surface area contributed by atoms with E-state index in [0.29, 0.717) is 5.56 Å². The second kappa shape index (κ2) is 4.67. The number of hydrogen-bond donors (Lipinski definition) is 1. The molecule has 0 saturated carbocycles. The van der Waals surface area contributed by atoms with E-state index >= 15 is 0 Å². The maximum Gasteiger partial charge on any atom is 0.207 e. The zero-order valence-corrected chi connectivity index (χ0v) is 8.89. The van der Waals surface area contributed by atoms with Crippen LogP contribution >= 0.6 is 0 Å². The van der Waals surface area contributed by atoms with Gasteiger partial charge in [0.05, 0.1) is 11.6 Å². The van der Waals surface area contributed by atoms with Crippen LogP contribution in [0.5, 0.6) is 0 Å². The fourth-order valence-electron chi connectivity index (χ4n) is 1.97. The number of nitrogens with zero attached hydrogens (tertiary/aromatic N) is 2. The molecule has 2 rings (SSSR count). The van der Waals surface area contributed by atoms with Gasteiger partial charge in [0.2, 0.25) is 6.41 Å². The number of carbonyl (C=O) groups is 1. The minimum Gasteiger partial charge on any atom is -0.369 e. The minimum absolute atomic E-state index is 0.244. The second-order valence-corrected chi connectivity index (χ2v) is 3.87. The van der Waals surface area contributed by atoms with Gasteiger partial charge in [-0.15, -0.1) is 0 Å². The molecule has 0 bridgehead atoms. The van der Waals surface area contributed by atoms with Gasteiger partial charge in [0.15, 0.2) is 0 Å². The van der Waals surface area contributed by atoms with Crippen LogP contribution in [0.3, 0.4) is 0 Å². The van der Waals surface area contributed by atoms with Crippen molar-refractivity contribution in [1.29, 1.82) is 5.26 Å². The van der Waals surface area contributed by atoms with Crippen molar-refractivity contribution in [2.24, 2.45) is 0 Å². The fraction of sp³-hybridized carbons (Fsp3) is 0.333. The van der Waals surface area contributed by atoms with E-state index in [0.717, 1.165) is 31.6 Å². The number of benzene rings is 1. The first-order valence-electron chi connectivity index (χ1n) is 5.28. The van der Waals surface area contributed by atoms with E-state index in [2.05, 4.69) is 16.3 Å². The molecule has 4 nitrogen and oxygen atoms in total. The van der Waals surface area contributed by atoms with Crippen LogP contribution in [0.25, 0.3) is 0 Å². The molecule has 1 N–H and O–H groups in total. The number of rotatable bonds is 3.